The summed E-state index contributed by atoms with van der Waals surface area (Å²) < 4.78 is 0. The van der Waals surface area contributed by atoms with Crippen molar-refractivity contribution in [3.8, 4) is 0 Å². The number of hydrogen-bond donors (Lipinski definition) is 0. The molecule has 0 heterocycles. The van der Waals surface area contributed by atoms with Crippen LogP contribution >= 0.6 is 0 Å². The van der Waals surface area contributed by atoms with Crippen molar-refractivity contribution in [1.82, 2.24) is 0 Å². The molecule has 2 aromatic carbocycles. The monoisotopic (exact) mass is 212 g/mol. The van der Waals surface area contributed by atoms with E-state index in [2.05, 4.69) is 31.2 Å². The molecule has 16 heavy (non-hydrogen) atoms. The molecule has 0 N–H and O–H groups in total. The van der Waals surface area contributed by atoms with Crippen LogP contribution in [0.4, 0.5) is 0 Å². The number of hydrogen-bond acceptors (Lipinski definition) is 1. The van der Waals surface area contributed by atoms with Gasteiger partial charge in [0.15, 0.2) is 0 Å². The minimum atomic E-state index is -0.425. The molecule has 82 valence electrons. The summed E-state index contributed by atoms with van der Waals surface area (Å²) in [6, 6.07) is 12.4. The Labute approximate surface area is 96.1 Å². The first-order valence-electron chi connectivity index (χ1n) is 5.51. The van der Waals surface area contributed by atoms with Crippen LogP contribution in [0.1, 0.15) is 25.0 Å². The van der Waals surface area contributed by atoms with Crippen LogP contribution < -0.4 is 0 Å². The molecule has 0 spiro atoms. The molecule has 0 aliphatic rings. The molecule has 0 aromatic heterocycles. The fourth-order valence-electron chi connectivity index (χ4n) is 2.13. The predicted molar refractivity (Wildman–Crippen MR) is 67.8 cm³/mol. The Hall–Kier alpha value is -1.63. The van der Waals surface area contributed by atoms with Gasteiger partial charge in [0.25, 0.3) is 0 Å². The number of aldehydes is 1. The van der Waals surface area contributed by atoms with E-state index in [1.807, 2.05) is 26.0 Å². The SMILES string of the molecule is Cc1cccc2cccc(C(C)(C)C=O)c12. The highest BCUT2D eigenvalue weighted by Gasteiger charge is 2.22. The van der Waals surface area contributed by atoms with E-state index in [1.165, 1.54) is 16.3 Å². The Morgan fingerprint density at radius 1 is 1.06 bits per heavy atom. The van der Waals surface area contributed by atoms with Gasteiger partial charge in [-0.3, -0.25) is 0 Å². The van der Waals surface area contributed by atoms with Gasteiger partial charge in [0.1, 0.15) is 6.29 Å². The third-order valence-corrected chi connectivity index (χ3v) is 3.10. The summed E-state index contributed by atoms with van der Waals surface area (Å²) in [6.45, 7) is 6.01. The Kier molecular flexibility index (Phi) is 2.55. The summed E-state index contributed by atoms with van der Waals surface area (Å²) in [7, 11) is 0. The van der Waals surface area contributed by atoms with Gasteiger partial charge in [0, 0.05) is 5.41 Å². The Balaban J connectivity index is 2.85. The van der Waals surface area contributed by atoms with Gasteiger partial charge in [-0.25, -0.2) is 0 Å². The van der Waals surface area contributed by atoms with Crippen LogP contribution in [0, 0.1) is 6.92 Å². The van der Waals surface area contributed by atoms with Crippen molar-refractivity contribution >= 4 is 17.1 Å². The second-order valence-electron chi connectivity index (χ2n) is 4.82. The number of aryl methyl sites for hydroxylation is 1. The van der Waals surface area contributed by atoms with E-state index in [1.54, 1.807) is 0 Å². The summed E-state index contributed by atoms with van der Waals surface area (Å²) in [5.41, 5.74) is 1.91. The maximum Gasteiger partial charge on any atom is 0.129 e. The smallest absolute Gasteiger partial charge is 0.129 e. The van der Waals surface area contributed by atoms with Crippen molar-refractivity contribution < 1.29 is 4.79 Å². The second-order valence-corrected chi connectivity index (χ2v) is 4.82. The Morgan fingerprint density at radius 3 is 2.31 bits per heavy atom. The minimum Gasteiger partial charge on any atom is -0.302 e. The first-order chi connectivity index (χ1) is 7.56. The molecule has 0 aliphatic carbocycles. The quantitative estimate of drug-likeness (QED) is 0.695. The summed E-state index contributed by atoms with van der Waals surface area (Å²) >= 11 is 0. The molecule has 0 saturated heterocycles. The molecule has 0 saturated carbocycles. The lowest BCUT2D eigenvalue weighted by Crippen LogP contribution is -2.19. The van der Waals surface area contributed by atoms with Crippen LogP contribution in [-0.4, -0.2) is 6.29 Å². The van der Waals surface area contributed by atoms with Crippen LogP contribution in [0.2, 0.25) is 0 Å². The van der Waals surface area contributed by atoms with Crippen molar-refractivity contribution in [2.45, 2.75) is 26.2 Å². The molecule has 1 nitrogen and oxygen atoms in total. The molecule has 2 rings (SSSR count). The number of carbonyl (C=O) groups excluding carboxylic acids is 1. The molecule has 2 aromatic rings. The number of carbonyl (C=O) groups is 1. The molecule has 0 bridgehead atoms. The van der Waals surface area contributed by atoms with Crippen LogP contribution in [-0.2, 0) is 10.2 Å². The molecule has 0 unspecified atom stereocenters. The molecular formula is C15H16O. The van der Waals surface area contributed by atoms with Gasteiger partial charge in [-0.2, -0.15) is 0 Å². The highest BCUT2D eigenvalue weighted by molar-refractivity contribution is 5.92. The fraction of sp³-hybridized carbons (Fsp3) is 0.267. The van der Waals surface area contributed by atoms with Gasteiger partial charge in [-0.05, 0) is 42.7 Å². The maximum absolute atomic E-state index is 11.2. The van der Waals surface area contributed by atoms with Crippen molar-refractivity contribution in [3.05, 3.63) is 47.5 Å². The van der Waals surface area contributed by atoms with Gasteiger partial charge < -0.3 is 4.79 Å². The summed E-state index contributed by atoms with van der Waals surface area (Å²) in [6.07, 6.45) is 1.02. The number of fused-ring (bicyclic) bond motifs is 1. The molecule has 0 amide bonds. The third-order valence-electron chi connectivity index (χ3n) is 3.10. The highest BCUT2D eigenvalue weighted by Crippen LogP contribution is 2.30. The van der Waals surface area contributed by atoms with Gasteiger partial charge in [0.2, 0.25) is 0 Å². The lowest BCUT2D eigenvalue weighted by atomic mass is 9.82. The molecule has 1 heteroatoms. The first-order valence-corrected chi connectivity index (χ1v) is 5.51. The van der Waals surface area contributed by atoms with Gasteiger partial charge in [-0.15, -0.1) is 0 Å². The van der Waals surface area contributed by atoms with Crippen molar-refractivity contribution in [2.24, 2.45) is 0 Å². The molecular weight excluding hydrogens is 196 g/mol. The van der Waals surface area contributed by atoms with Crippen molar-refractivity contribution in [2.75, 3.05) is 0 Å². The van der Waals surface area contributed by atoms with E-state index in [4.69, 9.17) is 0 Å². The van der Waals surface area contributed by atoms with E-state index >= 15 is 0 Å². The topological polar surface area (TPSA) is 17.1 Å². The summed E-state index contributed by atoms with van der Waals surface area (Å²) in [5, 5.41) is 2.41. The maximum atomic E-state index is 11.2. The van der Waals surface area contributed by atoms with Crippen LogP contribution in [0.5, 0.6) is 0 Å². The molecule has 0 aliphatic heterocycles. The molecule has 0 fully saturated rings. The van der Waals surface area contributed by atoms with E-state index in [0.29, 0.717) is 0 Å². The van der Waals surface area contributed by atoms with Crippen molar-refractivity contribution in [1.29, 1.82) is 0 Å². The van der Waals surface area contributed by atoms with Crippen LogP contribution in [0.3, 0.4) is 0 Å². The zero-order valence-corrected chi connectivity index (χ0v) is 9.95. The molecule has 0 radical (unpaired) electrons. The standard InChI is InChI=1S/C15H16O/c1-11-6-4-7-12-8-5-9-13(14(11)12)15(2,3)10-16/h4-10H,1-3H3. The lowest BCUT2D eigenvalue weighted by molar-refractivity contribution is -0.111. The first kappa shape index (κ1) is 10.9. The highest BCUT2D eigenvalue weighted by atomic mass is 16.1. The summed E-state index contributed by atoms with van der Waals surface area (Å²) in [5.74, 6) is 0. The van der Waals surface area contributed by atoms with Gasteiger partial charge >= 0.3 is 0 Å². The average molecular weight is 212 g/mol. The Morgan fingerprint density at radius 2 is 1.69 bits per heavy atom. The fourth-order valence-corrected chi connectivity index (χ4v) is 2.13. The third kappa shape index (κ3) is 1.63. The van der Waals surface area contributed by atoms with Crippen LogP contribution in [0.15, 0.2) is 36.4 Å². The predicted octanol–water partition coefficient (Wildman–Crippen LogP) is 3.62. The number of benzene rings is 2. The van der Waals surface area contributed by atoms with Crippen LogP contribution in [0.25, 0.3) is 10.8 Å². The Bertz CT molecular complexity index is 533. The van der Waals surface area contributed by atoms with Crippen molar-refractivity contribution in [3.63, 3.8) is 0 Å². The average Bonchev–Trinajstić information content (AvgIpc) is 2.29. The minimum absolute atomic E-state index is 0.425. The number of rotatable bonds is 2. The summed E-state index contributed by atoms with van der Waals surface area (Å²) in [4.78, 5) is 11.2. The van der Waals surface area contributed by atoms with E-state index in [9.17, 15) is 4.79 Å². The van der Waals surface area contributed by atoms with E-state index < -0.39 is 5.41 Å². The van der Waals surface area contributed by atoms with E-state index in [0.717, 1.165) is 11.8 Å². The van der Waals surface area contributed by atoms with E-state index in [-0.39, 0.29) is 0 Å². The largest absolute Gasteiger partial charge is 0.302 e. The zero-order chi connectivity index (χ0) is 11.8. The lowest BCUT2D eigenvalue weighted by Gasteiger charge is -2.20. The van der Waals surface area contributed by atoms with Gasteiger partial charge in [-0.1, -0.05) is 36.4 Å². The zero-order valence-electron chi connectivity index (χ0n) is 9.95. The van der Waals surface area contributed by atoms with Gasteiger partial charge in [0.05, 0.1) is 0 Å². The normalized spacial score (nSPS) is 11.7. The molecule has 0 atom stereocenters. The second kappa shape index (κ2) is 3.75.